The second-order valence-corrected chi connectivity index (χ2v) is 5.68. The van der Waals surface area contributed by atoms with Crippen molar-refractivity contribution in [2.75, 3.05) is 38.2 Å². The first kappa shape index (κ1) is 16.0. The van der Waals surface area contributed by atoms with Gasteiger partial charge in [0.15, 0.2) is 0 Å². The fourth-order valence-corrected chi connectivity index (χ4v) is 2.74. The number of hydrogen-bond donors (Lipinski definition) is 1. The molecule has 0 bridgehead atoms. The lowest BCUT2D eigenvalue weighted by Crippen LogP contribution is -2.48. The van der Waals surface area contributed by atoms with E-state index in [-0.39, 0.29) is 11.5 Å². The molecule has 24 heavy (non-hydrogen) atoms. The van der Waals surface area contributed by atoms with Gasteiger partial charge in [-0.3, -0.25) is 14.6 Å². The third-order valence-electron chi connectivity index (χ3n) is 4.14. The molecule has 1 amide bonds. The molecule has 3 rings (SSSR count). The largest absolute Gasteiger partial charge is 0.497 e. The summed E-state index contributed by atoms with van der Waals surface area (Å²) in [6.07, 6.45) is 0. The van der Waals surface area contributed by atoms with Gasteiger partial charge in [-0.15, -0.1) is 0 Å². The Kier molecular flexibility index (Phi) is 4.50. The van der Waals surface area contributed by atoms with Crippen molar-refractivity contribution in [3.05, 3.63) is 40.7 Å². The van der Waals surface area contributed by atoms with E-state index in [1.54, 1.807) is 18.9 Å². The molecule has 1 saturated heterocycles. The number of aromatic nitrogens is 2. The zero-order valence-electron chi connectivity index (χ0n) is 13.8. The number of carbonyl (C=O) groups excluding carboxylic acids is 1. The summed E-state index contributed by atoms with van der Waals surface area (Å²) in [5.41, 5.74) is 1.27. The molecule has 0 radical (unpaired) electrons. The number of piperazine rings is 1. The van der Waals surface area contributed by atoms with Gasteiger partial charge in [0.1, 0.15) is 5.75 Å². The molecule has 1 N–H and O–H groups in total. The van der Waals surface area contributed by atoms with Crippen molar-refractivity contribution >= 4 is 11.9 Å². The molecule has 0 atom stereocenters. The maximum absolute atomic E-state index is 12.0. The van der Waals surface area contributed by atoms with E-state index in [0.29, 0.717) is 37.8 Å². The predicted octanol–water partition coefficient (Wildman–Crippen LogP) is 1.11. The number of benzene rings is 1. The van der Waals surface area contributed by atoms with Crippen LogP contribution in [0.5, 0.6) is 5.75 Å². The summed E-state index contributed by atoms with van der Waals surface area (Å²) < 4.78 is 5.15. The highest BCUT2D eigenvalue weighted by Gasteiger charge is 2.20. The maximum atomic E-state index is 12.0. The topological polar surface area (TPSA) is 78.5 Å². The molecule has 0 aliphatic carbocycles. The van der Waals surface area contributed by atoms with Crippen LogP contribution >= 0.6 is 0 Å². The van der Waals surface area contributed by atoms with Gasteiger partial charge < -0.3 is 14.5 Å². The van der Waals surface area contributed by atoms with Crippen LogP contribution in [0.1, 0.15) is 6.92 Å². The van der Waals surface area contributed by atoms with Crippen molar-refractivity contribution in [1.29, 1.82) is 0 Å². The number of rotatable bonds is 3. The van der Waals surface area contributed by atoms with Crippen LogP contribution in [-0.4, -0.2) is 54.1 Å². The maximum Gasteiger partial charge on any atom is 0.252 e. The Bertz CT molecular complexity index is 777. The molecule has 2 aromatic rings. The molecule has 1 aromatic carbocycles. The second kappa shape index (κ2) is 6.74. The molecule has 7 heteroatoms. The van der Waals surface area contributed by atoms with Crippen LogP contribution in [0.4, 0.5) is 5.95 Å². The van der Waals surface area contributed by atoms with Crippen molar-refractivity contribution < 1.29 is 9.53 Å². The van der Waals surface area contributed by atoms with Gasteiger partial charge in [0.05, 0.1) is 12.8 Å². The average molecular weight is 328 g/mol. The summed E-state index contributed by atoms with van der Waals surface area (Å²) in [5.74, 6) is 1.36. The molecule has 1 aliphatic heterocycles. The van der Waals surface area contributed by atoms with Crippen LogP contribution in [0, 0.1) is 0 Å². The fraction of sp³-hybridized carbons (Fsp3) is 0.353. The highest BCUT2D eigenvalue weighted by Crippen LogP contribution is 2.21. The molecule has 1 aliphatic rings. The highest BCUT2D eigenvalue weighted by molar-refractivity contribution is 5.73. The monoisotopic (exact) mass is 328 g/mol. The number of carbonyl (C=O) groups is 1. The van der Waals surface area contributed by atoms with Gasteiger partial charge in [-0.05, 0) is 24.3 Å². The lowest BCUT2D eigenvalue weighted by atomic mass is 10.1. The molecule has 7 nitrogen and oxygen atoms in total. The van der Waals surface area contributed by atoms with E-state index in [2.05, 4.69) is 9.97 Å². The summed E-state index contributed by atoms with van der Waals surface area (Å²) in [4.78, 5) is 34.6. The number of methoxy groups -OCH3 is 1. The first-order valence-corrected chi connectivity index (χ1v) is 7.83. The third-order valence-corrected chi connectivity index (χ3v) is 4.14. The van der Waals surface area contributed by atoms with Gasteiger partial charge in [-0.1, -0.05) is 0 Å². The molecule has 1 fully saturated rings. The molecular formula is C17H20N4O3. The predicted molar refractivity (Wildman–Crippen MR) is 91.3 cm³/mol. The average Bonchev–Trinajstić information content (AvgIpc) is 2.61. The van der Waals surface area contributed by atoms with Crippen LogP contribution in [0.25, 0.3) is 11.3 Å². The summed E-state index contributed by atoms with van der Waals surface area (Å²) in [6, 6.07) is 8.90. The summed E-state index contributed by atoms with van der Waals surface area (Å²) >= 11 is 0. The van der Waals surface area contributed by atoms with Crippen LogP contribution in [0.3, 0.4) is 0 Å². The number of nitrogens with one attached hydrogen (secondary N) is 1. The van der Waals surface area contributed by atoms with Gasteiger partial charge in [0.2, 0.25) is 11.9 Å². The van der Waals surface area contributed by atoms with Gasteiger partial charge in [-0.25, -0.2) is 4.98 Å². The van der Waals surface area contributed by atoms with E-state index in [1.807, 2.05) is 29.2 Å². The molecule has 1 aromatic heterocycles. The Hall–Kier alpha value is -2.83. The molecular weight excluding hydrogens is 308 g/mol. The van der Waals surface area contributed by atoms with Crippen LogP contribution in [-0.2, 0) is 4.79 Å². The minimum atomic E-state index is -0.195. The first-order valence-electron chi connectivity index (χ1n) is 7.83. The van der Waals surface area contributed by atoms with Crippen molar-refractivity contribution in [3.8, 4) is 17.0 Å². The number of anilines is 1. The first-order chi connectivity index (χ1) is 11.6. The van der Waals surface area contributed by atoms with Crippen molar-refractivity contribution in [2.24, 2.45) is 0 Å². The number of amides is 1. The number of H-pyrrole nitrogens is 1. The smallest absolute Gasteiger partial charge is 0.252 e. The van der Waals surface area contributed by atoms with Gasteiger partial charge in [-0.2, -0.15) is 0 Å². The van der Waals surface area contributed by atoms with E-state index in [0.717, 1.165) is 11.3 Å². The zero-order chi connectivity index (χ0) is 17.1. The molecule has 0 unspecified atom stereocenters. The standard InChI is InChI=1S/C17H20N4O3/c1-12(22)20-7-9-21(10-8-20)17-18-15(11-16(23)19-17)13-3-5-14(24-2)6-4-13/h3-6,11H,7-10H2,1-2H3,(H,18,19,23). The van der Waals surface area contributed by atoms with Crippen molar-refractivity contribution in [3.63, 3.8) is 0 Å². The summed E-state index contributed by atoms with van der Waals surface area (Å²) in [7, 11) is 1.61. The number of ether oxygens (including phenoxy) is 1. The van der Waals surface area contributed by atoms with Crippen molar-refractivity contribution in [1.82, 2.24) is 14.9 Å². The SMILES string of the molecule is COc1ccc(-c2cc(=O)[nH]c(N3CCN(C(C)=O)CC3)n2)cc1. The lowest BCUT2D eigenvalue weighted by molar-refractivity contribution is -0.129. The highest BCUT2D eigenvalue weighted by atomic mass is 16.5. The van der Waals surface area contributed by atoms with E-state index >= 15 is 0 Å². The number of nitrogens with zero attached hydrogens (tertiary/aromatic N) is 3. The van der Waals surface area contributed by atoms with Gasteiger partial charge in [0, 0.05) is 44.7 Å². The van der Waals surface area contributed by atoms with Crippen LogP contribution in [0.15, 0.2) is 35.1 Å². The minimum Gasteiger partial charge on any atom is -0.497 e. The van der Waals surface area contributed by atoms with Gasteiger partial charge >= 0.3 is 0 Å². The normalized spacial score (nSPS) is 14.6. The van der Waals surface area contributed by atoms with Crippen LogP contribution in [0.2, 0.25) is 0 Å². The zero-order valence-corrected chi connectivity index (χ0v) is 13.8. The molecule has 0 spiro atoms. The Morgan fingerprint density at radius 1 is 1.17 bits per heavy atom. The second-order valence-electron chi connectivity index (χ2n) is 5.68. The third kappa shape index (κ3) is 3.40. The Labute approximate surface area is 139 Å². The lowest BCUT2D eigenvalue weighted by Gasteiger charge is -2.34. The fourth-order valence-electron chi connectivity index (χ4n) is 2.74. The quantitative estimate of drug-likeness (QED) is 0.913. The minimum absolute atomic E-state index is 0.0723. The summed E-state index contributed by atoms with van der Waals surface area (Å²) in [5, 5.41) is 0. The summed E-state index contributed by atoms with van der Waals surface area (Å²) in [6.45, 7) is 4.13. The Morgan fingerprint density at radius 2 is 1.83 bits per heavy atom. The Morgan fingerprint density at radius 3 is 2.42 bits per heavy atom. The Balaban J connectivity index is 1.84. The molecule has 126 valence electrons. The van der Waals surface area contributed by atoms with E-state index in [1.165, 1.54) is 6.07 Å². The van der Waals surface area contributed by atoms with Crippen LogP contribution < -0.4 is 15.2 Å². The van der Waals surface area contributed by atoms with Crippen molar-refractivity contribution in [2.45, 2.75) is 6.92 Å². The molecule has 2 heterocycles. The molecule has 0 saturated carbocycles. The van der Waals surface area contributed by atoms with E-state index < -0.39 is 0 Å². The van der Waals surface area contributed by atoms with Gasteiger partial charge in [0.25, 0.3) is 5.56 Å². The van der Waals surface area contributed by atoms with E-state index in [9.17, 15) is 9.59 Å². The number of hydrogen-bond acceptors (Lipinski definition) is 5. The number of aromatic amines is 1. The van der Waals surface area contributed by atoms with E-state index in [4.69, 9.17) is 4.74 Å².